The predicted molar refractivity (Wildman–Crippen MR) is 79.0 cm³/mol. The first-order chi connectivity index (χ1) is 9.36. The van der Waals surface area contributed by atoms with Crippen LogP contribution in [0.5, 0.6) is 5.75 Å². The highest BCUT2D eigenvalue weighted by molar-refractivity contribution is 5.83. The van der Waals surface area contributed by atoms with Crippen LogP contribution in [0.15, 0.2) is 64.8 Å². The number of para-hydroxylation sites is 1. The van der Waals surface area contributed by atoms with Crippen LogP contribution in [0.1, 0.15) is 17.5 Å². The lowest BCUT2D eigenvalue weighted by Crippen LogP contribution is -1.85. The van der Waals surface area contributed by atoms with Gasteiger partial charge in [0, 0.05) is 11.8 Å². The maximum Gasteiger partial charge on any atom is 0.124 e. The Kier molecular flexibility index (Phi) is 4.87. The van der Waals surface area contributed by atoms with Gasteiger partial charge in [-0.05, 0) is 30.5 Å². The van der Waals surface area contributed by atoms with Gasteiger partial charge in [-0.2, -0.15) is 10.2 Å². The van der Waals surface area contributed by atoms with E-state index >= 15 is 0 Å². The van der Waals surface area contributed by atoms with Gasteiger partial charge in [0.2, 0.25) is 0 Å². The molecule has 0 aliphatic carbocycles. The van der Waals surface area contributed by atoms with Gasteiger partial charge >= 0.3 is 0 Å². The molecule has 0 aliphatic heterocycles. The quantitative estimate of drug-likeness (QED) is 0.643. The first-order valence-corrected chi connectivity index (χ1v) is 6.23. The van der Waals surface area contributed by atoms with Gasteiger partial charge in [-0.1, -0.05) is 42.5 Å². The van der Waals surface area contributed by atoms with Crippen molar-refractivity contribution in [1.29, 1.82) is 0 Å². The molecule has 0 heterocycles. The van der Waals surface area contributed by atoms with E-state index in [1.165, 1.54) is 5.56 Å². The van der Waals surface area contributed by atoms with E-state index < -0.39 is 0 Å². The van der Waals surface area contributed by atoms with Crippen LogP contribution in [0.4, 0.5) is 0 Å². The summed E-state index contributed by atoms with van der Waals surface area (Å²) < 4.78 is 0. The Morgan fingerprint density at radius 3 is 2.42 bits per heavy atom. The average Bonchev–Trinajstić information content (AvgIpc) is 2.45. The van der Waals surface area contributed by atoms with Gasteiger partial charge < -0.3 is 5.11 Å². The number of phenolic OH excluding ortho intramolecular Hbond substituents is 1. The van der Waals surface area contributed by atoms with Gasteiger partial charge in [0.1, 0.15) is 5.75 Å². The highest BCUT2D eigenvalue weighted by Gasteiger charge is 1.93. The molecule has 1 N–H and O–H groups in total. The lowest BCUT2D eigenvalue weighted by Gasteiger charge is -1.95. The molecule has 0 atom stereocenters. The zero-order valence-electron chi connectivity index (χ0n) is 10.6. The van der Waals surface area contributed by atoms with Gasteiger partial charge in [-0.25, -0.2) is 0 Å². The standard InChI is InChI=1S/C16H16N2O/c19-16-11-5-4-10-15(16)13-18-17-12-6-9-14-7-2-1-3-8-14/h1-5,7-8,10-13,19H,6,9H2/b17-12?,18-13+. The summed E-state index contributed by atoms with van der Waals surface area (Å²) in [4.78, 5) is 0. The molecule has 19 heavy (non-hydrogen) atoms. The third-order valence-corrected chi connectivity index (χ3v) is 2.69. The minimum Gasteiger partial charge on any atom is -0.507 e. The van der Waals surface area contributed by atoms with E-state index in [9.17, 15) is 5.11 Å². The molecule has 2 rings (SSSR count). The van der Waals surface area contributed by atoms with E-state index in [4.69, 9.17) is 0 Å². The fourth-order valence-electron chi connectivity index (χ4n) is 1.67. The van der Waals surface area contributed by atoms with E-state index in [1.807, 2.05) is 24.3 Å². The van der Waals surface area contributed by atoms with Crippen LogP contribution < -0.4 is 0 Å². The maximum atomic E-state index is 9.52. The minimum absolute atomic E-state index is 0.214. The molecule has 0 bridgehead atoms. The SMILES string of the molecule is Oc1ccccc1/C=N/N=CCCc1ccccc1. The van der Waals surface area contributed by atoms with Gasteiger partial charge in [0.25, 0.3) is 0 Å². The summed E-state index contributed by atoms with van der Waals surface area (Å²) >= 11 is 0. The number of nitrogens with zero attached hydrogens (tertiary/aromatic N) is 2. The van der Waals surface area contributed by atoms with Gasteiger partial charge in [-0.3, -0.25) is 0 Å². The molecule has 0 amide bonds. The van der Waals surface area contributed by atoms with Crippen molar-refractivity contribution in [3.8, 4) is 5.75 Å². The van der Waals surface area contributed by atoms with Crippen LogP contribution in [0.3, 0.4) is 0 Å². The lowest BCUT2D eigenvalue weighted by molar-refractivity contribution is 0.474. The topological polar surface area (TPSA) is 45.0 Å². The molecule has 2 aromatic carbocycles. The number of phenols is 1. The van der Waals surface area contributed by atoms with E-state index in [-0.39, 0.29) is 5.75 Å². The van der Waals surface area contributed by atoms with Crippen LogP contribution in [-0.4, -0.2) is 17.5 Å². The Morgan fingerprint density at radius 1 is 0.895 bits per heavy atom. The van der Waals surface area contributed by atoms with Crippen molar-refractivity contribution in [2.45, 2.75) is 12.8 Å². The first kappa shape index (κ1) is 13.0. The monoisotopic (exact) mass is 252 g/mol. The van der Waals surface area contributed by atoms with Crippen molar-refractivity contribution in [2.24, 2.45) is 10.2 Å². The van der Waals surface area contributed by atoms with Crippen LogP contribution in [0.2, 0.25) is 0 Å². The molecule has 0 radical (unpaired) electrons. The van der Waals surface area contributed by atoms with Crippen molar-refractivity contribution >= 4 is 12.4 Å². The summed E-state index contributed by atoms with van der Waals surface area (Å²) in [5.41, 5.74) is 1.96. The fourth-order valence-corrected chi connectivity index (χ4v) is 1.67. The fraction of sp³-hybridized carbons (Fsp3) is 0.125. The van der Waals surface area contributed by atoms with Gasteiger partial charge in [0.05, 0.1) is 6.21 Å². The second kappa shape index (κ2) is 7.11. The summed E-state index contributed by atoms with van der Waals surface area (Å²) in [5, 5.41) is 17.4. The van der Waals surface area contributed by atoms with Crippen LogP contribution in [0, 0.1) is 0 Å². The number of hydrogen-bond acceptors (Lipinski definition) is 3. The molecule has 2 aromatic rings. The van der Waals surface area contributed by atoms with Crippen LogP contribution in [-0.2, 0) is 6.42 Å². The highest BCUT2D eigenvalue weighted by atomic mass is 16.3. The number of hydrogen-bond donors (Lipinski definition) is 1. The predicted octanol–water partition coefficient (Wildman–Crippen LogP) is 3.43. The van der Waals surface area contributed by atoms with Gasteiger partial charge in [0.15, 0.2) is 0 Å². The summed E-state index contributed by atoms with van der Waals surface area (Å²) in [6.45, 7) is 0. The molecule has 0 unspecified atom stereocenters. The van der Waals surface area contributed by atoms with E-state index in [0.29, 0.717) is 5.56 Å². The second-order valence-corrected chi connectivity index (χ2v) is 4.13. The van der Waals surface area contributed by atoms with E-state index in [0.717, 1.165) is 12.8 Å². The zero-order valence-corrected chi connectivity index (χ0v) is 10.6. The molecule has 3 heteroatoms. The summed E-state index contributed by atoms with van der Waals surface area (Å²) in [7, 11) is 0. The third kappa shape index (κ3) is 4.39. The summed E-state index contributed by atoms with van der Waals surface area (Å²) in [6, 6.07) is 17.3. The molecular formula is C16H16N2O. The van der Waals surface area contributed by atoms with E-state index in [2.05, 4.69) is 22.3 Å². The Morgan fingerprint density at radius 2 is 1.63 bits per heavy atom. The van der Waals surface area contributed by atoms with Crippen molar-refractivity contribution < 1.29 is 5.11 Å². The number of aromatic hydroxyl groups is 1. The molecule has 0 aliphatic rings. The first-order valence-electron chi connectivity index (χ1n) is 6.23. The molecule has 0 saturated carbocycles. The van der Waals surface area contributed by atoms with Crippen LogP contribution >= 0.6 is 0 Å². The molecule has 0 fully saturated rings. The van der Waals surface area contributed by atoms with Crippen molar-refractivity contribution in [3.05, 3.63) is 65.7 Å². The molecule has 3 nitrogen and oxygen atoms in total. The summed E-state index contributed by atoms with van der Waals surface area (Å²) in [6.07, 6.45) is 5.14. The number of aryl methyl sites for hydroxylation is 1. The highest BCUT2D eigenvalue weighted by Crippen LogP contribution is 2.12. The minimum atomic E-state index is 0.214. The van der Waals surface area contributed by atoms with Crippen molar-refractivity contribution in [1.82, 2.24) is 0 Å². The van der Waals surface area contributed by atoms with Crippen molar-refractivity contribution in [3.63, 3.8) is 0 Å². The number of benzene rings is 2. The van der Waals surface area contributed by atoms with Crippen LogP contribution in [0.25, 0.3) is 0 Å². The molecular weight excluding hydrogens is 236 g/mol. The van der Waals surface area contributed by atoms with Crippen molar-refractivity contribution in [2.75, 3.05) is 0 Å². The summed E-state index contributed by atoms with van der Waals surface area (Å²) in [5.74, 6) is 0.214. The maximum absolute atomic E-state index is 9.52. The third-order valence-electron chi connectivity index (χ3n) is 2.69. The molecule has 0 spiro atoms. The normalized spacial score (nSPS) is 11.4. The average molecular weight is 252 g/mol. The number of rotatable bonds is 5. The Labute approximate surface area is 113 Å². The second-order valence-electron chi connectivity index (χ2n) is 4.13. The Balaban J connectivity index is 1.79. The molecule has 0 saturated heterocycles. The molecule has 0 aromatic heterocycles. The smallest absolute Gasteiger partial charge is 0.124 e. The zero-order chi connectivity index (χ0) is 13.3. The Hall–Kier alpha value is -2.42. The lowest BCUT2D eigenvalue weighted by atomic mass is 10.1. The van der Waals surface area contributed by atoms with E-state index in [1.54, 1.807) is 30.6 Å². The largest absolute Gasteiger partial charge is 0.507 e. The Bertz CT molecular complexity index is 562. The molecule has 96 valence electrons. The van der Waals surface area contributed by atoms with Gasteiger partial charge in [-0.15, -0.1) is 0 Å².